The SMILES string of the molecule is CCCCCCCc1ccc(C=CC(=S)c2ccccc2)cc1Br. The van der Waals surface area contributed by atoms with E-state index >= 15 is 0 Å². The third-order valence-electron chi connectivity index (χ3n) is 4.11. The van der Waals surface area contributed by atoms with Crippen LogP contribution in [0.15, 0.2) is 59.1 Å². The van der Waals surface area contributed by atoms with Crippen molar-refractivity contribution < 1.29 is 0 Å². The molecule has 24 heavy (non-hydrogen) atoms. The molecule has 126 valence electrons. The number of aryl methyl sites for hydroxylation is 1. The van der Waals surface area contributed by atoms with Crippen molar-refractivity contribution in [1.82, 2.24) is 0 Å². The lowest BCUT2D eigenvalue weighted by atomic mass is 10.0. The minimum atomic E-state index is 0.867. The molecule has 0 atom stereocenters. The van der Waals surface area contributed by atoms with Crippen LogP contribution in [0.1, 0.15) is 55.7 Å². The van der Waals surface area contributed by atoms with E-state index in [0.29, 0.717) is 0 Å². The third kappa shape index (κ3) is 6.33. The number of benzene rings is 2. The van der Waals surface area contributed by atoms with Crippen molar-refractivity contribution in [2.24, 2.45) is 0 Å². The Morgan fingerprint density at radius 1 is 1.00 bits per heavy atom. The molecule has 0 heterocycles. The molecular weight excluding hydrogens is 376 g/mol. The van der Waals surface area contributed by atoms with Crippen LogP contribution in [0.25, 0.3) is 6.08 Å². The van der Waals surface area contributed by atoms with Crippen molar-refractivity contribution in [3.8, 4) is 0 Å². The molecule has 0 spiro atoms. The minimum absolute atomic E-state index is 0.867. The molecular formula is C22H25BrS. The van der Waals surface area contributed by atoms with Gasteiger partial charge in [-0.15, -0.1) is 0 Å². The average molecular weight is 401 g/mol. The van der Waals surface area contributed by atoms with Gasteiger partial charge in [-0.05, 0) is 41.7 Å². The summed E-state index contributed by atoms with van der Waals surface area (Å²) in [5, 5.41) is 0. The number of rotatable bonds is 9. The summed E-state index contributed by atoms with van der Waals surface area (Å²) in [5.41, 5.74) is 3.66. The second-order valence-electron chi connectivity index (χ2n) is 6.08. The number of thiocarbonyl (C=S) groups is 1. The summed E-state index contributed by atoms with van der Waals surface area (Å²) in [6.45, 7) is 2.26. The molecule has 2 aromatic carbocycles. The predicted molar refractivity (Wildman–Crippen MR) is 114 cm³/mol. The first-order valence-corrected chi connectivity index (χ1v) is 9.96. The highest BCUT2D eigenvalue weighted by molar-refractivity contribution is 9.10. The van der Waals surface area contributed by atoms with Crippen molar-refractivity contribution in [2.45, 2.75) is 45.4 Å². The maximum atomic E-state index is 5.47. The summed E-state index contributed by atoms with van der Waals surface area (Å²) in [5.74, 6) is 0. The lowest BCUT2D eigenvalue weighted by Crippen LogP contribution is -1.91. The zero-order chi connectivity index (χ0) is 17.2. The van der Waals surface area contributed by atoms with E-state index in [1.54, 1.807) is 0 Å². The zero-order valence-corrected chi connectivity index (χ0v) is 16.7. The Kier molecular flexibility index (Phi) is 8.41. The molecule has 0 aliphatic carbocycles. The van der Waals surface area contributed by atoms with Crippen molar-refractivity contribution in [2.75, 3.05) is 0 Å². The maximum absolute atomic E-state index is 5.47. The normalized spacial score (nSPS) is 11.1. The van der Waals surface area contributed by atoms with Crippen LogP contribution in [0.5, 0.6) is 0 Å². The molecule has 2 heteroatoms. The highest BCUT2D eigenvalue weighted by Gasteiger charge is 2.01. The molecule has 0 aromatic heterocycles. The fraction of sp³-hybridized carbons (Fsp3) is 0.318. The molecule has 0 aliphatic rings. The third-order valence-corrected chi connectivity index (χ3v) is 5.22. The highest BCUT2D eigenvalue weighted by Crippen LogP contribution is 2.22. The quantitative estimate of drug-likeness (QED) is 0.183. The first kappa shape index (κ1) is 19.1. The molecule has 2 aromatic rings. The van der Waals surface area contributed by atoms with E-state index in [4.69, 9.17) is 12.2 Å². The second-order valence-corrected chi connectivity index (χ2v) is 7.37. The topological polar surface area (TPSA) is 0 Å². The predicted octanol–water partition coefficient (Wildman–Crippen LogP) is 7.39. The van der Waals surface area contributed by atoms with Crippen LogP contribution in [0, 0.1) is 0 Å². The largest absolute Gasteiger partial charge is 0.0795 e. The van der Waals surface area contributed by atoms with Gasteiger partial charge in [0.1, 0.15) is 0 Å². The van der Waals surface area contributed by atoms with Crippen LogP contribution in [0.3, 0.4) is 0 Å². The van der Waals surface area contributed by atoms with Gasteiger partial charge in [0.15, 0.2) is 0 Å². The van der Waals surface area contributed by atoms with Gasteiger partial charge in [-0.1, -0.05) is 109 Å². The molecule has 0 N–H and O–H groups in total. The first-order chi connectivity index (χ1) is 11.7. The van der Waals surface area contributed by atoms with E-state index in [9.17, 15) is 0 Å². The Bertz CT molecular complexity index is 674. The molecule has 0 fully saturated rings. The van der Waals surface area contributed by atoms with Gasteiger partial charge in [-0.2, -0.15) is 0 Å². The van der Waals surface area contributed by atoms with Gasteiger partial charge in [-0.25, -0.2) is 0 Å². The van der Waals surface area contributed by atoms with Crippen LogP contribution in [0.4, 0.5) is 0 Å². The number of allylic oxidation sites excluding steroid dienone is 1. The van der Waals surface area contributed by atoms with Gasteiger partial charge >= 0.3 is 0 Å². The Morgan fingerprint density at radius 2 is 1.75 bits per heavy atom. The van der Waals surface area contributed by atoms with E-state index in [1.807, 2.05) is 36.4 Å². The van der Waals surface area contributed by atoms with Gasteiger partial charge in [0.25, 0.3) is 0 Å². The fourth-order valence-corrected chi connectivity index (χ4v) is 3.46. The molecule has 0 aliphatic heterocycles. The van der Waals surface area contributed by atoms with Crippen LogP contribution >= 0.6 is 28.1 Å². The monoisotopic (exact) mass is 400 g/mol. The van der Waals surface area contributed by atoms with Gasteiger partial charge < -0.3 is 0 Å². The molecule has 2 rings (SSSR count). The van der Waals surface area contributed by atoms with Gasteiger partial charge in [-0.3, -0.25) is 0 Å². The van der Waals surface area contributed by atoms with E-state index < -0.39 is 0 Å². The van der Waals surface area contributed by atoms with Crippen molar-refractivity contribution in [3.05, 3.63) is 75.8 Å². The molecule has 0 saturated carbocycles. The summed E-state index contributed by atoms with van der Waals surface area (Å²) in [6.07, 6.45) is 11.9. The lowest BCUT2D eigenvalue weighted by Gasteiger charge is -2.06. The maximum Gasteiger partial charge on any atom is 0.0449 e. The van der Waals surface area contributed by atoms with Crippen LogP contribution < -0.4 is 0 Å². The summed E-state index contributed by atoms with van der Waals surface area (Å²) in [6, 6.07) is 16.7. The number of hydrogen-bond acceptors (Lipinski definition) is 1. The van der Waals surface area contributed by atoms with Gasteiger partial charge in [0.2, 0.25) is 0 Å². The lowest BCUT2D eigenvalue weighted by molar-refractivity contribution is 0.631. The van der Waals surface area contributed by atoms with Crippen LogP contribution in [0.2, 0.25) is 0 Å². The molecule has 0 nitrogen and oxygen atoms in total. The van der Waals surface area contributed by atoms with E-state index in [-0.39, 0.29) is 0 Å². The Morgan fingerprint density at radius 3 is 2.46 bits per heavy atom. The molecule has 0 bridgehead atoms. The van der Waals surface area contributed by atoms with E-state index in [2.05, 4.69) is 47.1 Å². The highest BCUT2D eigenvalue weighted by atomic mass is 79.9. The summed E-state index contributed by atoms with van der Waals surface area (Å²) in [4.78, 5) is 0.867. The number of halogens is 1. The van der Waals surface area contributed by atoms with E-state index in [1.165, 1.54) is 47.7 Å². The first-order valence-electron chi connectivity index (χ1n) is 8.76. The van der Waals surface area contributed by atoms with Crippen LogP contribution in [-0.4, -0.2) is 4.86 Å². The summed E-state index contributed by atoms with van der Waals surface area (Å²) < 4.78 is 1.20. The molecule has 0 radical (unpaired) electrons. The molecule has 0 saturated heterocycles. The fourth-order valence-electron chi connectivity index (χ4n) is 2.66. The summed E-state index contributed by atoms with van der Waals surface area (Å²) >= 11 is 9.19. The van der Waals surface area contributed by atoms with Crippen molar-refractivity contribution in [1.29, 1.82) is 0 Å². The zero-order valence-electron chi connectivity index (χ0n) is 14.3. The van der Waals surface area contributed by atoms with E-state index in [0.717, 1.165) is 16.8 Å². The number of hydrogen-bond donors (Lipinski definition) is 0. The summed E-state index contributed by atoms with van der Waals surface area (Å²) in [7, 11) is 0. The number of unbranched alkanes of at least 4 members (excludes halogenated alkanes) is 4. The minimum Gasteiger partial charge on any atom is -0.0795 e. The Balaban J connectivity index is 1.92. The Hall–Kier alpha value is -1.25. The smallest absolute Gasteiger partial charge is 0.0449 e. The Labute approximate surface area is 160 Å². The molecule has 0 amide bonds. The van der Waals surface area contributed by atoms with Crippen molar-refractivity contribution >= 4 is 39.1 Å². The second kappa shape index (κ2) is 10.6. The van der Waals surface area contributed by atoms with Crippen LogP contribution in [-0.2, 0) is 6.42 Å². The van der Waals surface area contributed by atoms with Gasteiger partial charge in [0.05, 0.1) is 0 Å². The average Bonchev–Trinajstić information content (AvgIpc) is 2.61. The van der Waals surface area contributed by atoms with Gasteiger partial charge in [0, 0.05) is 9.34 Å². The standard InChI is InChI=1S/C22H25BrS/c1-2-3-4-5-7-10-19-15-13-18(17-21(19)23)14-16-22(24)20-11-8-6-9-12-20/h6,8-9,11-17H,2-5,7,10H2,1H3. The van der Waals surface area contributed by atoms with Crippen molar-refractivity contribution in [3.63, 3.8) is 0 Å². The molecule has 0 unspecified atom stereocenters.